The van der Waals surface area contributed by atoms with E-state index < -0.39 is 0 Å². The highest BCUT2D eigenvalue weighted by atomic mass is 14.1. The van der Waals surface area contributed by atoms with Crippen molar-refractivity contribution in [1.82, 2.24) is 0 Å². The minimum Gasteiger partial charge on any atom is -0.0888 e. The molecule has 0 aromatic heterocycles. The zero-order valence-electron chi connectivity index (χ0n) is 7.20. The van der Waals surface area contributed by atoms with Gasteiger partial charge in [0.15, 0.2) is 0 Å². The van der Waals surface area contributed by atoms with Crippen molar-refractivity contribution in [2.24, 2.45) is 0 Å². The van der Waals surface area contributed by atoms with E-state index in [0.29, 0.717) is 0 Å². The summed E-state index contributed by atoms with van der Waals surface area (Å²) in [5.74, 6) is 7.26. The molecular formula is C13H9. The Hall–Kier alpha value is -1.22. The van der Waals surface area contributed by atoms with Crippen molar-refractivity contribution in [3.8, 4) is 11.8 Å². The fraction of sp³-hybridized carbons (Fsp3) is 0. The molecule has 0 bridgehead atoms. The summed E-state index contributed by atoms with van der Waals surface area (Å²) in [6, 6.07) is 10.0. The van der Waals surface area contributed by atoms with Crippen LogP contribution in [0.5, 0.6) is 0 Å². The quantitative estimate of drug-likeness (QED) is 0.518. The molecule has 1 fully saturated rings. The van der Waals surface area contributed by atoms with E-state index in [1.54, 1.807) is 0 Å². The second-order valence-electron chi connectivity index (χ2n) is 2.79. The van der Waals surface area contributed by atoms with E-state index in [-0.39, 0.29) is 0 Å². The summed E-state index contributed by atoms with van der Waals surface area (Å²) in [5, 5.41) is 0. The molecule has 61 valence electrons. The van der Waals surface area contributed by atoms with E-state index in [1.807, 2.05) is 56.0 Å². The highest BCUT2D eigenvalue weighted by molar-refractivity contribution is 5.50. The van der Waals surface area contributed by atoms with Crippen molar-refractivity contribution in [3.63, 3.8) is 0 Å². The molecule has 1 aliphatic carbocycles. The van der Waals surface area contributed by atoms with Gasteiger partial charge in [0.25, 0.3) is 0 Å². The molecule has 1 saturated carbocycles. The molecule has 0 amide bonds. The third kappa shape index (κ3) is 2.36. The molecule has 0 heterocycles. The predicted molar refractivity (Wildman–Crippen MR) is 53.8 cm³/mol. The Morgan fingerprint density at radius 2 is 1.46 bits per heavy atom. The molecule has 2 rings (SSSR count). The van der Waals surface area contributed by atoms with Crippen LogP contribution in [-0.4, -0.2) is 0 Å². The molecule has 0 atom stereocenters. The molecule has 0 N–H and O–H groups in total. The Bertz CT molecular complexity index is 307. The van der Waals surface area contributed by atoms with Crippen LogP contribution in [0.1, 0.15) is 5.56 Å². The Morgan fingerprint density at radius 3 is 2.15 bits per heavy atom. The normalized spacial score (nSPS) is 16.6. The maximum atomic E-state index is 3.10. The summed E-state index contributed by atoms with van der Waals surface area (Å²) in [6.45, 7) is 0. The fourth-order valence-corrected chi connectivity index (χ4v) is 1.12. The fourth-order valence-electron chi connectivity index (χ4n) is 1.12. The second-order valence-corrected chi connectivity index (χ2v) is 2.79. The Balaban J connectivity index is 2.03. The average Bonchev–Trinajstić information content (AvgIpc) is 2.69. The minimum absolute atomic E-state index is 1.06. The highest BCUT2D eigenvalue weighted by Gasteiger charge is 2.13. The molecule has 1 aliphatic rings. The van der Waals surface area contributed by atoms with Crippen molar-refractivity contribution in [3.05, 3.63) is 67.5 Å². The van der Waals surface area contributed by atoms with Gasteiger partial charge in [-0.1, -0.05) is 30.0 Å². The monoisotopic (exact) mass is 165 g/mol. The lowest BCUT2D eigenvalue weighted by molar-refractivity contribution is 1.43. The number of rotatable bonds is 0. The van der Waals surface area contributed by atoms with Gasteiger partial charge in [0.2, 0.25) is 0 Å². The molecule has 5 radical (unpaired) electrons. The molecule has 13 heavy (non-hydrogen) atoms. The highest BCUT2D eigenvalue weighted by Crippen LogP contribution is 2.21. The average molecular weight is 165 g/mol. The summed E-state index contributed by atoms with van der Waals surface area (Å²) >= 11 is 0. The third-order valence-corrected chi connectivity index (χ3v) is 1.79. The maximum absolute atomic E-state index is 3.10. The van der Waals surface area contributed by atoms with Crippen LogP contribution in [0.25, 0.3) is 0 Å². The van der Waals surface area contributed by atoms with E-state index in [0.717, 1.165) is 11.5 Å². The summed E-state index contributed by atoms with van der Waals surface area (Å²) in [5.41, 5.74) is 1.06. The van der Waals surface area contributed by atoms with E-state index in [4.69, 9.17) is 0 Å². The van der Waals surface area contributed by atoms with Gasteiger partial charge in [-0.3, -0.25) is 0 Å². The Labute approximate surface area is 80.0 Å². The van der Waals surface area contributed by atoms with Gasteiger partial charge < -0.3 is 0 Å². The Morgan fingerprint density at radius 1 is 0.769 bits per heavy atom. The summed E-state index contributed by atoms with van der Waals surface area (Å²) in [6.07, 6.45) is 8.01. The molecule has 0 unspecified atom stereocenters. The molecule has 0 spiro atoms. The lowest BCUT2D eigenvalue weighted by Gasteiger charge is -1.93. The molecule has 0 saturated heterocycles. The van der Waals surface area contributed by atoms with Crippen LogP contribution in [0.3, 0.4) is 0 Å². The predicted octanol–water partition coefficient (Wildman–Crippen LogP) is 2.44. The van der Waals surface area contributed by atoms with Crippen molar-refractivity contribution < 1.29 is 0 Å². The smallest absolute Gasteiger partial charge is 0.0558 e. The minimum atomic E-state index is 1.06. The van der Waals surface area contributed by atoms with Gasteiger partial charge in [-0.05, 0) is 37.8 Å². The summed E-state index contributed by atoms with van der Waals surface area (Å²) in [4.78, 5) is 0. The third-order valence-electron chi connectivity index (χ3n) is 1.79. The van der Waals surface area contributed by atoms with Crippen molar-refractivity contribution >= 4 is 0 Å². The molecule has 0 aliphatic heterocycles. The first-order chi connectivity index (χ1) is 6.45. The number of benzene rings is 1. The Kier molecular flexibility index (Phi) is 2.67. The van der Waals surface area contributed by atoms with Crippen LogP contribution in [0.15, 0.2) is 30.3 Å². The van der Waals surface area contributed by atoms with Crippen molar-refractivity contribution in [2.45, 2.75) is 0 Å². The lowest BCUT2D eigenvalue weighted by Crippen LogP contribution is -1.85. The lowest BCUT2D eigenvalue weighted by atomic mass is 10.1. The van der Waals surface area contributed by atoms with Crippen LogP contribution < -0.4 is 0 Å². The van der Waals surface area contributed by atoms with Gasteiger partial charge in [0, 0.05) is 5.56 Å². The van der Waals surface area contributed by atoms with Crippen molar-refractivity contribution in [1.29, 1.82) is 0 Å². The van der Waals surface area contributed by atoms with Crippen LogP contribution in [0.4, 0.5) is 0 Å². The molecular weight excluding hydrogens is 156 g/mol. The first kappa shape index (κ1) is 8.38. The second kappa shape index (κ2) is 4.14. The standard InChI is InChI=1S/C13H9/c1-2-6-12(7-3-1)10-11-13-8-4-5-9-13/h1-9H. The first-order valence-corrected chi connectivity index (χ1v) is 4.24. The van der Waals surface area contributed by atoms with E-state index in [9.17, 15) is 0 Å². The van der Waals surface area contributed by atoms with Crippen LogP contribution in [0, 0.1) is 43.4 Å². The van der Waals surface area contributed by atoms with Crippen LogP contribution >= 0.6 is 0 Å². The molecule has 1 aromatic carbocycles. The van der Waals surface area contributed by atoms with Gasteiger partial charge in [0.1, 0.15) is 0 Å². The topological polar surface area (TPSA) is 0 Å². The largest absolute Gasteiger partial charge is 0.0888 e. The van der Waals surface area contributed by atoms with Gasteiger partial charge in [-0.2, -0.15) is 0 Å². The van der Waals surface area contributed by atoms with Gasteiger partial charge in [-0.25, -0.2) is 0 Å². The molecule has 0 heteroatoms. The number of hydrogen-bond acceptors (Lipinski definition) is 0. The van der Waals surface area contributed by atoms with E-state index in [2.05, 4.69) is 11.8 Å². The molecule has 0 nitrogen and oxygen atoms in total. The number of hydrogen-bond donors (Lipinski definition) is 0. The van der Waals surface area contributed by atoms with Crippen molar-refractivity contribution in [2.75, 3.05) is 0 Å². The zero-order chi connectivity index (χ0) is 8.93. The van der Waals surface area contributed by atoms with Crippen LogP contribution in [-0.2, 0) is 0 Å². The summed E-state index contributed by atoms with van der Waals surface area (Å²) < 4.78 is 0. The summed E-state index contributed by atoms with van der Waals surface area (Å²) in [7, 11) is 0. The molecule has 1 aromatic rings. The SMILES string of the molecule is C(#Cc1ccccc1)[C]1[CH][CH][CH][CH]1. The van der Waals surface area contributed by atoms with Gasteiger partial charge >= 0.3 is 0 Å². The van der Waals surface area contributed by atoms with E-state index >= 15 is 0 Å². The van der Waals surface area contributed by atoms with E-state index in [1.165, 1.54) is 0 Å². The van der Waals surface area contributed by atoms with Crippen LogP contribution in [0.2, 0.25) is 0 Å². The zero-order valence-corrected chi connectivity index (χ0v) is 7.20. The van der Waals surface area contributed by atoms with Gasteiger partial charge in [-0.15, -0.1) is 0 Å². The maximum Gasteiger partial charge on any atom is 0.0558 e. The van der Waals surface area contributed by atoms with Gasteiger partial charge in [0.05, 0.1) is 5.92 Å². The first-order valence-electron chi connectivity index (χ1n) is 4.24.